The monoisotopic (exact) mass is 163 g/mol. The van der Waals surface area contributed by atoms with Gasteiger partial charge in [0.05, 0.1) is 5.70 Å². The van der Waals surface area contributed by atoms with E-state index in [1.807, 2.05) is 0 Å². The zero-order valence-corrected chi connectivity index (χ0v) is 6.08. The van der Waals surface area contributed by atoms with Gasteiger partial charge in [-0.05, 0) is 39.1 Å². The molecule has 0 bridgehead atoms. The van der Waals surface area contributed by atoms with Crippen LogP contribution in [0, 0.1) is 0 Å². The number of aromatic nitrogens is 5. The van der Waals surface area contributed by atoms with Crippen LogP contribution in [0.3, 0.4) is 0 Å². The van der Waals surface area contributed by atoms with E-state index in [9.17, 15) is 4.79 Å². The Morgan fingerprint density at radius 1 is 1.25 bits per heavy atom. The van der Waals surface area contributed by atoms with Crippen molar-refractivity contribution < 1.29 is 4.79 Å². The van der Waals surface area contributed by atoms with E-state index >= 15 is 0 Å². The summed E-state index contributed by atoms with van der Waals surface area (Å²) < 4.78 is 0. The molecule has 0 radical (unpaired) electrons. The van der Waals surface area contributed by atoms with Crippen LogP contribution in [-0.4, -0.2) is 31.4 Å². The molecule has 0 unspecified atom stereocenters. The molecule has 1 aromatic heterocycles. The van der Waals surface area contributed by atoms with Crippen LogP contribution in [0.1, 0.15) is 6.42 Å². The van der Waals surface area contributed by atoms with Crippen molar-refractivity contribution >= 4 is 11.5 Å². The summed E-state index contributed by atoms with van der Waals surface area (Å²) in [6.45, 7) is 0. The van der Waals surface area contributed by atoms with E-state index in [2.05, 4.69) is 20.9 Å². The van der Waals surface area contributed by atoms with Gasteiger partial charge in [-0.15, -0.1) is 4.80 Å². The second-order valence-electron chi connectivity index (χ2n) is 2.28. The molecule has 0 aromatic carbocycles. The highest BCUT2D eigenvalue weighted by Gasteiger charge is 2.06. The van der Waals surface area contributed by atoms with E-state index in [1.54, 1.807) is 12.2 Å². The second-order valence-corrected chi connectivity index (χ2v) is 2.28. The van der Waals surface area contributed by atoms with Crippen molar-refractivity contribution in [3.63, 3.8) is 0 Å². The van der Waals surface area contributed by atoms with Gasteiger partial charge in [-0.3, -0.25) is 4.79 Å². The largest absolute Gasteiger partial charge is 0.295 e. The summed E-state index contributed by atoms with van der Waals surface area (Å²) in [5.74, 6) is 0.0758. The number of rotatable bonds is 1. The van der Waals surface area contributed by atoms with E-state index in [4.69, 9.17) is 0 Å². The van der Waals surface area contributed by atoms with Gasteiger partial charge in [0, 0.05) is 6.42 Å². The predicted molar refractivity (Wildman–Crippen MR) is 38.6 cm³/mol. The van der Waals surface area contributed by atoms with Crippen molar-refractivity contribution in [2.24, 2.45) is 0 Å². The zero-order chi connectivity index (χ0) is 8.39. The minimum absolute atomic E-state index is 0.0758. The van der Waals surface area contributed by atoms with Crippen LogP contribution in [0.25, 0.3) is 5.70 Å². The average Bonchev–Trinajstić information content (AvgIpc) is 2.58. The fraction of sp³-hybridized carbons (Fsp3) is 0.167. The first kappa shape index (κ1) is 6.84. The van der Waals surface area contributed by atoms with Crippen molar-refractivity contribution in [1.29, 1.82) is 0 Å². The third kappa shape index (κ3) is 1.14. The lowest BCUT2D eigenvalue weighted by molar-refractivity contribution is -0.113. The molecular formula is C6H5N5O. The molecule has 0 amide bonds. The van der Waals surface area contributed by atoms with Crippen molar-refractivity contribution in [1.82, 2.24) is 25.7 Å². The Bertz CT molecular complexity index is 350. The first-order valence-electron chi connectivity index (χ1n) is 3.39. The molecule has 0 atom stereocenters. The molecule has 1 aromatic rings. The Labute approximate surface area is 67.5 Å². The maximum atomic E-state index is 10.8. The second kappa shape index (κ2) is 2.65. The molecule has 6 nitrogen and oxygen atoms in total. The molecule has 1 aliphatic carbocycles. The van der Waals surface area contributed by atoms with Crippen LogP contribution in [-0.2, 0) is 4.79 Å². The SMILES string of the molecule is O=C1C=CC(n2nnnn2)=CC1. The van der Waals surface area contributed by atoms with Crippen LogP contribution >= 0.6 is 0 Å². The van der Waals surface area contributed by atoms with Crippen LogP contribution in [0.5, 0.6) is 0 Å². The molecule has 0 saturated carbocycles. The van der Waals surface area contributed by atoms with Crippen molar-refractivity contribution in [2.45, 2.75) is 6.42 Å². The summed E-state index contributed by atoms with van der Waals surface area (Å²) in [5, 5.41) is 13.8. The Kier molecular flexibility index (Phi) is 1.51. The standard InChI is InChI=1S/C6H5N5O/c12-6-3-1-5(2-4-6)11-9-7-8-10-11/h1-3H,4H2. The topological polar surface area (TPSA) is 73.6 Å². The summed E-state index contributed by atoms with van der Waals surface area (Å²) >= 11 is 0. The predicted octanol–water partition coefficient (Wildman–Crippen LogP) is -0.562. The quantitative estimate of drug-likeness (QED) is 0.554. The molecule has 0 fully saturated rings. The van der Waals surface area contributed by atoms with E-state index in [0.717, 1.165) is 5.70 Å². The van der Waals surface area contributed by atoms with Crippen LogP contribution < -0.4 is 0 Å². The van der Waals surface area contributed by atoms with E-state index in [-0.39, 0.29) is 5.78 Å². The maximum Gasteiger partial charge on any atom is 0.159 e. The first-order chi connectivity index (χ1) is 5.86. The summed E-state index contributed by atoms with van der Waals surface area (Å²) in [6.07, 6.45) is 5.23. The van der Waals surface area contributed by atoms with Gasteiger partial charge >= 0.3 is 0 Å². The highest BCUT2D eigenvalue weighted by molar-refractivity contribution is 5.95. The minimum Gasteiger partial charge on any atom is -0.295 e. The Balaban J connectivity index is 2.28. The van der Waals surface area contributed by atoms with Gasteiger partial charge in [0.25, 0.3) is 0 Å². The number of carbonyl (C=O) groups is 1. The molecule has 0 spiro atoms. The van der Waals surface area contributed by atoms with Gasteiger partial charge in [-0.2, -0.15) is 0 Å². The lowest BCUT2D eigenvalue weighted by atomic mass is 10.1. The maximum absolute atomic E-state index is 10.8. The Hall–Kier alpha value is -1.85. The van der Waals surface area contributed by atoms with Gasteiger partial charge < -0.3 is 0 Å². The van der Waals surface area contributed by atoms with Crippen LogP contribution in [0.4, 0.5) is 0 Å². The molecule has 6 heteroatoms. The van der Waals surface area contributed by atoms with Crippen molar-refractivity contribution in [3.05, 3.63) is 18.2 Å². The molecule has 2 rings (SSSR count). The molecule has 0 N–H and O–H groups in total. The number of nitrogens with zero attached hydrogens (tertiary/aromatic N) is 5. The summed E-state index contributed by atoms with van der Waals surface area (Å²) in [4.78, 5) is 12.0. The number of hydrogen-bond acceptors (Lipinski definition) is 5. The molecule has 0 aliphatic heterocycles. The smallest absolute Gasteiger partial charge is 0.159 e. The average molecular weight is 163 g/mol. The molecule has 12 heavy (non-hydrogen) atoms. The van der Waals surface area contributed by atoms with E-state index in [1.165, 1.54) is 10.9 Å². The van der Waals surface area contributed by atoms with Gasteiger partial charge in [0.15, 0.2) is 5.78 Å². The number of hydrogen-bond donors (Lipinski definition) is 0. The third-order valence-electron chi connectivity index (χ3n) is 1.47. The normalized spacial score (nSPS) is 16.3. The summed E-state index contributed by atoms with van der Waals surface area (Å²) in [7, 11) is 0. The van der Waals surface area contributed by atoms with Crippen molar-refractivity contribution in [2.75, 3.05) is 0 Å². The molecule has 0 saturated heterocycles. The van der Waals surface area contributed by atoms with Gasteiger partial charge in [-0.1, -0.05) is 0 Å². The highest BCUT2D eigenvalue weighted by atomic mass is 16.1. The van der Waals surface area contributed by atoms with Gasteiger partial charge in [0.1, 0.15) is 0 Å². The highest BCUT2D eigenvalue weighted by Crippen LogP contribution is 2.08. The molecule has 1 aliphatic rings. The molecule has 60 valence electrons. The first-order valence-corrected chi connectivity index (χ1v) is 3.39. The van der Waals surface area contributed by atoms with E-state index in [0.29, 0.717) is 6.42 Å². The van der Waals surface area contributed by atoms with E-state index < -0.39 is 0 Å². The Morgan fingerprint density at radius 3 is 2.58 bits per heavy atom. The van der Waals surface area contributed by atoms with Gasteiger partial charge in [-0.25, -0.2) is 0 Å². The third-order valence-corrected chi connectivity index (χ3v) is 1.47. The zero-order valence-electron chi connectivity index (χ0n) is 6.08. The lowest BCUT2D eigenvalue weighted by Gasteiger charge is -2.01. The van der Waals surface area contributed by atoms with Gasteiger partial charge in [0.2, 0.25) is 0 Å². The van der Waals surface area contributed by atoms with Crippen LogP contribution in [0.2, 0.25) is 0 Å². The van der Waals surface area contributed by atoms with Crippen LogP contribution in [0.15, 0.2) is 18.2 Å². The fourth-order valence-corrected chi connectivity index (χ4v) is 0.901. The lowest BCUT2D eigenvalue weighted by Crippen LogP contribution is -2.05. The van der Waals surface area contributed by atoms with Crippen molar-refractivity contribution in [3.8, 4) is 0 Å². The minimum atomic E-state index is 0.0758. The number of carbonyl (C=O) groups excluding carboxylic acids is 1. The fourth-order valence-electron chi connectivity index (χ4n) is 0.901. The number of ketones is 1. The summed E-state index contributed by atoms with van der Waals surface area (Å²) in [6, 6.07) is 0. The summed E-state index contributed by atoms with van der Waals surface area (Å²) in [5.41, 5.74) is 0.722. The molecular weight excluding hydrogens is 158 g/mol. The molecule has 1 heterocycles. The number of allylic oxidation sites excluding steroid dienone is 4. The Morgan fingerprint density at radius 2 is 2.00 bits per heavy atom.